The minimum absolute atomic E-state index is 0.680. The standard InChI is InChI=1S/C12H19ClN2S/c13-12-5-4-11(16-12)9-15-8-2-1-3-10(15)6-7-14/h4-5,10H,1-3,6-9,14H2. The largest absolute Gasteiger partial charge is 0.330 e. The average Bonchev–Trinajstić information content (AvgIpc) is 2.67. The summed E-state index contributed by atoms with van der Waals surface area (Å²) in [5.74, 6) is 0. The van der Waals surface area contributed by atoms with E-state index in [1.165, 1.54) is 30.7 Å². The van der Waals surface area contributed by atoms with Crippen molar-refractivity contribution in [3.05, 3.63) is 21.3 Å². The van der Waals surface area contributed by atoms with Gasteiger partial charge in [-0.05, 0) is 44.5 Å². The van der Waals surface area contributed by atoms with Crippen molar-refractivity contribution in [2.45, 2.75) is 38.3 Å². The second-order valence-corrected chi connectivity index (χ2v) is 6.20. The summed E-state index contributed by atoms with van der Waals surface area (Å²) in [6.45, 7) is 3.05. The van der Waals surface area contributed by atoms with E-state index in [0.717, 1.165) is 23.8 Å². The van der Waals surface area contributed by atoms with Crippen molar-refractivity contribution >= 4 is 22.9 Å². The molecule has 0 bridgehead atoms. The van der Waals surface area contributed by atoms with Crippen LogP contribution in [0.1, 0.15) is 30.6 Å². The molecule has 1 atom stereocenters. The molecule has 16 heavy (non-hydrogen) atoms. The van der Waals surface area contributed by atoms with Crippen LogP contribution < -0.4 is 5.73 Å². The third-order valence-corrected chi connectivity index (χ3v) is 4.45. The number of hydrogen-bond donors (Lipinski definition) is 1. The summed E-state index contributed by atoms with van der Waals surface area (Å²) in [7, 11) is 0. The number of nitrogens with two attached hydrogens (primary N) is 1. The molecule has 0 radical (unpaired) electrons. The summed E-state index contributed by atoms with van der Waals surface area (Å²) in [5.41, 5.74) is 5.67. The molecule has 2 heterocycles. The van der Waals surface area contributed by atoms with Crippen molar-refractivity contribution in [1.82, 2.24) is 4.90 Å². The van der Waals surface area contributed by atoms with Gasteiger partial charge in [0.25, 0.3) is 0 Å². The van der Waals surface area contributed by atoms with Crippen molar-refractivity contribution in [2.24, 2.45) is 5.73 Å². The quantitative estimate of drug-likeness (QED) is 0.899. The van der Waals surface area contributed by atoms with E-state index < -0.39 is 0 Å². The number of thiophene rings is 1. The summed E-state index contributed by atoms with van der Waals surface area (Å²) in [6, 6.07) is 4.81. The van der Waals surface area contributed by atoms with Crippen molar-refractivity contribution in [3.63, 3.8) is 0 Å². The van der Waals surface area contributed by atoms with Crippen LogP contribution in [0.5, 0.6) is 0 Å². The lowest BCUT2D eigenvalue weighted by molar-refractivity contribution is 0.135. The highest BCUT2D eigenvalue weighted by atomic mass is 35.5. The molecule has 1 saturated heterocycles. The first-order valence-corrected chi connectivity index (χ1v) is 7.17. The summed E-state index contributed by atoms with van der Waals surface area (Å²) < 4.78 is 0.891. The number of rotatable bonds is 4. The molecular formula is C12H19ClN2S. The van der Waals surface area contributed by atoms with Crippen LogP contribution in [0, 0.1) is 0 Å². The fraction of sp³-hybridized carbons (Fsp3) is 0.667. The summed E-state index contributed by atoms with van der Waals surface area (Å²) in [4.78, 5) is 3.94. The number of halogens is 1. The zero-order valence-corrected chi connectivity index (χ0v) is 11.1. The van der Waals surface area contributed by atoms with Gasteiger partial charge in [0.05, 0.1) is 4.34 Å². The lowest BCUT2D eigenvalue weighted by Crippen LogP contribution is -2.39. The zero-order chi connectivity index (χ0) is 11.4. The maximum absolute atomic E-state index is 5.96. The van der Waals surface area contributed by atoms with E-state index in [9.17, 15) is 0 Å². The molecule has 2 N–H and O–H groups in total. The Hall–Kier alpha value is -0.0900. The SMILES string of the molecule is NCCC1CCCCN1Cc1ccc(Cl)s1. The smallest absolute Gasteiger partial charge is 0.0931 e. The van der Waals surface area contributed by atoms with E-state index in [1.807, 2.05) is 6.07 Å². The Labute approximate surface area is 106 Å². The molecular weight excluding hydrogens is 240 g/mol. The molecule has 1 unspecified atom stereocenters. The minimum Gasteiger partial charge on any atom is -0.330 e. The molecule has 1 fully saturated rings. The number of nitrogens with zero attached hydrogens (tertiary/aromatic N) is 1. The van der Waals surface area contributed by atoms with Gasteiger partial charge < -0.3 is 5.73 Å². The topological polar surface area (TPSA) is 29.3 Å². The van der Waals surface area contributed by atoms with Crippen LogP contribution in [0.2, 0.25) is 4.34 Å². The highest BCUT2D eigenvalue weighted by Crippen LogP contribution is 2.26. The Morgan fingerprint density at radius 3 is 3.00 bits per heavy atom. The van der Waals surface area contributed by atoms with Crippen molar-refractivity contribution < 1.29 is 0 Å². The molecule has 0 aromatic carbocycles. The fourth-order valence-corrected chi connectivity index (χ4v) is 3.54. The third-order valence-electron chi connectivity index (χ3n) is 3.24. The average molecular weight is 259 g/mol. The predicted octanol–water partition coefficient (Wildman–Crippen LogP) is 3.10. The summed E-state index contributed by atoms with van der Waals surface area (Å²) >= 11 is 7.65. The number of likely N-dealkylation sites (tertiary alicyclic amines) is 1. The van der Waals surface area contributed by atoms with Crippen LogP contribution in [0.25, 0.3) is 0 Å². The first kappa shape index (κ1) is 12.4. The van der Waals surface area contributed by atoms with E-state index in [-0.39, 0.29) is 0 Å². The van der Waals surface area contributed by atoms with Crippen molar-refractivity contribution in [1.29, 1.82) is 0 Å². The molecule has 2 rings (SSSR count). The zero-order valence-electron chi connectivity index (χ0n) is 9.49. The van der Waals surface area contributed by atoms with Gasteiger partial charge in [-0.3, -0.25) is 4.90 Å². The van der Waals surface area contributed by atoms with Gasteiger partial charge in [0, 0.05) is 17.5 Å². The normalized spacial score (nSPS) is 22.5. The fourth-order valence-electron chi connectivity index (χ4n) is 2.42. The second-order valence-electron chi connectivity index (χ2n) is 4.40. The van der Waals surface area contributed by atoms with Gasteiger partial charge in [0.15, 0.2) is 0 Å². The number of hydrogen-bond acceptors (Lipinski definition) is 3. The lowest BCUT2D eigenvalue weighted by Gasteiger charge is -2.35. The Kier molecular flexibility index (Phi) is 4.65. The van der Waals surface area contributed by atoms with Gasteiger partial charge in [-0.1, -0.05) is 18.0 Å². The third kappa shape index (κ3) is 3.20. The van der Waals surface area contributed by atoms with Crippen molar-refractivity contribution in [2.75, 3.05) is 13.1 Å². The van der Waals surface area contributed by atoms with Crippen LogP contribution in [0.15, 0.2) is 12.1 Å². The van der Waals surface area contributed by atoms with Gasteiger partial charge >= 0.3 is 0 Å². The van der Waals surface area contributed by atoms with Crippen LogP contribution in [-0.4, -0.2) is 24.0 Å². The highest BCUT2D eigenvalue weighted by Gasteiger charge is 2.21. The van der Waals surface area contributed by atoms with E-state index in [1.54, 1.807) is 11.3 Å². The highest BCUT2D eigenvalue weighted by molar-refractivity contribution is 7.16. The van der Waals surface area contributed by atoms with Crippen LogP contribution >= 0.6 is 22.9 Å². The summed E-state index contributed by atoms with van der Waals surface area (Å²) in [6.07, 6.45) is 5.10. The van der Waals surface area contributed by atoms with Gasteiger partial charge in [0.2, 0.25) is 0 Å². The van der Waals surface area contributed by atoms with Crippen LogP contribution in [0.3, 0.4) is 0 Å². The molecule has 0 amide bonds. The molecule has 90 valence electrons. The molecule has 1 aliphatic heterocycles. The summed E-state index contributed by atoms with van der Waals surface area (Å²) in [5, 5.41) is 0. The number of piperidine rings is 1. The van der Waals surface area contributed by atoms with Gasteiger partial charge in [0.1, 0.15) is 0 Å². The molecule has 0 spiro atoms. The molecule has 1 aromatic rings. The molecule has 1 aliphatic rings. The van der Waals surface area contributed by atoms with Crippen LogP contribution in [-0.2, 0) is 6.54 Å². The molecule has 2 nitrogen and oxygen atoms in total. The van der Waals surface area contributed by atoms with Crippen LogP contribution in [0.4, 0.5) is 0 Å². The second kappa shape index (κ2) is 6.01. The Morgan fingerprint density at radius 1 is 1.44 bits per heavy atom. The molecule has 0 aliphatic carbocycles. The van der Waals surface area contributed by atoms with Gasteiger partial charge in [-0.2, -0.15) is 0 Å². The minimum atomic E-state index is 0.680. The predicted molar refractivity (Wildman–Crippen MR) is 71.0 cm³/mol. The maximum Gasteiger partial charge on any atom is 0.0931 e. The Morgan fingerprint density at radius 2 is 2.31 bits per heavy atom. The molecule has 4 heteroatoms. The van der Waals surface area contributed by atoms with E-state index in [4.69, 9.17) is 17.3 Å². The Bertz CT molecular complexity index is 325. The Balaban J connectivity index is 1.95. The van der Waals surface area contributed by atoms with Crippen molar-refractivity contribution in [3.8, 4) is 0 Å². The molecule has 0 saturated carbocycles. The maximum atomic E-state index is 5.96. The van der Waals surface area contributed by atoms with Gasteiger partial charge in [-0.25, -0.2) is 0 Å². The van der Waals surface area contributed by atoms with E-state index in [2.05, 4.69) is 11.0 Å². The van der Waals surface area contributed by atoms with E-state index >= 15 is 0 Å². The lowest BCUT2D eigenvalue weighted by atomic mass is 9.99. The first-order valence-electron chi connectivity index (χ1n) is 5.98. The van der Waals surface area contributed by atoms with Gasteiger partial charge in [-0.15, -0.1) is 11.3 Å². The first-order chi connectivity index (χ1) is 7.79. The van der Waals surface area contributed by atoms with E-state index in [0.29, 0.717) is 6.04 Å². The molecule has 1 aromatic heterocycles. The monoisotopic (exact) mass is 258 g/mol.